The Morgan fingerprint density at radius 1 is 1.71 bits per heavy atom. The van der Waals surface area contributed by atoms with E-state index in [2.05, 4.69) is 0 Å². The molecule has 40 valence electrons. The SMILES string of the molecule is OC12COCC1C2. The van der Waals surface area contributed by atoms with E-state index >= 15 is 0 Å². The maximum absolute atomic E-state index is 9.14. The monoisotopic (exact) mass is 100 g/mol. The molecule has 2 heteroatoms. The average molecular weight is 100 g/mol. The van der Waals surface area contributed by atoms with Crippen molar-refractivity contribution in [1.29, 1.82) is 0 Å². The molecule has 2 rings (SSSR count). The molecule has 0 radical (unpaired) electrons. The maximum Gasteiger partial charge on any atom is 0.0935 e. The Hall–Kier alpha value is -0.0800. The molecule has 7 heavy (non-hydrogen) atoms. The van der Waals surface area contributed by atoms with Gasteiger partial charge in [-0.1, -0.05) is 0 Å². The minimum atomic E-state index is -0.361. The van der Waals surface area contributed by atoms with Crippen LogP contribution in [0.3, 0.4) is 0 Å². The summed E-state index contributed by atoms with van der Waals surface area (Å²) in [5.41, 5.74) is -0.361. The normalized spacial score (nSPS) is 57.0. The molecule has 1 saturated heterocycles. The Morgan fingerprint density at radius 3 is 2.71 bits per heavy atom. The molecule has 1 heterocycles. The first-order valence-electron chi connectivity index (χ1n) is 2.61. The lowest BCUT2D eigenvalue weighted by molar-refractivity contribution is 0.0760. The highest BCUT2D eigenvalue weighted by molar-refractivity contribution is 5.06. The molecule has 1 aliphatic carbocycles. The maximum atomic E-state index is 9.14. The van der Waals surface area contributed by atoms with Crippen LogP contribution >= 0.6 is 0 Å². The molecule has 0 bridgehead atoms. The Morgan fingerprint density at radius 2 is 2.57 bits per heavy atom. The first-order chi connectivity index (χ1) is 3.31. The van der Waals surface area contributed by atoms with Crippen LogP contribution in [0.5, 0.6) is 0 Å². The van der Waals surface area contributed by atoms with E-state index < -0.39 is 0 Å². The fourth-order valence-corrected chi connectivity index (χ4v) is 1.14. The summed E-state index contributed by atoms with van der Waals surface area (Å²) < 4.78 is 4.96. The van der Waals surface area contributed by atoms with E-state index in [1.807, 2.05) is 0 Å². The average Bonchev–Trinajstić information content (AvgIpc) is 2.09. The number of aliphatic hydroxyl groups is 1. The Kier molecular flexibility index (Phi) is 0.474. The van der Waals surface area contributed by atoms with Crippen LogP contribution in [0.15, 0.2) is 0 Å². The van der Waals surface area contributed by atoms with Crippen LogP contribution in [0.1, 0.15) is 6.42 Å². The van der Waals surface area contributed by atoms with Gasteiger partial charge < -0.3 is 9.84 Å². The zero-order valence-corrected chi connectivity index (χ0v) is 4.05. The first-order valence-corrected chi connectivity index (χ1v) is 2.61. The van der Waals surface area contributed by atoms with E-state index in [1.165, 1.54) is 0 Å². The molecule has 0 aromatic heterocycles. The third-order valence-electron chi connectivity index (χ3n) is 1.87. The predicted molar refractivity (Wildman–Crippen MR) is 23.9 cm³/mol. The van der Waals surface area contributed by atoms with Crippen LogP contribution < -0.4 is 0 Å². The fraction of sp³-hybridized carbons (Fsp3) is 1.00. The van der Waals surface area contributed by atoms with Crippen molar-refractivity contribution in [1.82, 2.24) is 0 Å². The second-order valence-corrected chi connectivity index (χ2v) is 2.52. The number of hydrogen-bond acceptors (Lipinski definition) is 2. The molecular formula is C5H8O2. The molecular weight excluding hydrogens is 92.1 g/mol. The lowest BCUT2D eigenvalue weighted by Gasteiger charge is -1.96. The standard InChI is InChI=1S/C5H8O2/c6-5-1-4(5)2-7-3-5/h4,6H,1-3H2. The molecule has 0 amide bonds. The molecule has 1 saturated carbocycles. The molecule has 2 atom stereocenters. The lowest BCUT2D eigenvalue weighted by atomic mass is 10.3. The Labute approximate surface area is 42.1 Å². The second kappa shape index (κ2) is 0.858. The number of ether oxygens (including phenoxy) is 1. The van der Waals surface area contributed by atoms with Crippen molar-refractivity contribution in [3.05, 3.63) is 0 Å². The summed E-state index contributed by atoms with van der Waals surface area (Å²) in [4.78, 5) is 0. The highest BCUT2D eigenvalue weighted by atomic mass is 16.5. The quantitative estimate of drug-likeness (QED) is 0.455. The van der Waals surface area contributed by atoms with Gasteiger partial charge in [-0.25, -0.2) is 0 Å². The topological polar surface area (TPSA) is 29.5 Å². The highest BCUT2D eigenvalue weighted by Gasteiger charge is 2.57. The van der Waals surface area contributed by atoms with Crippen molar-refractivity contribution in [3.63, 3.8) is 0 Å². The predicted octanol–water partition coefficient (Wildman–Crippen LogP) is -0.232. The first kappa shape index (κ1) is 3.87. The van der Waals surface area contributed by atoms with Gasteiger partial charge in [0.2, 0.25) is 0 Å². The van der Waals surface area contributed by atoms with Crippen LogP contribution in [0.25, 0.3) is 0 Å². The van der Waals surface area contributed by atoms with Gasteiger partial charge >= 0.3 is 0 Å². The third kappa shape index (κ3) is 0.359. The van der Waals surface area contributed by atoms with E-state index in [0.717, 1.165) is 13.0 Å². The van der Waals surface area contributed by atoms with Crippen LogP contribution in [0, 0.1) is 5.92 Å². The molecule has 2 unspecified atom stereocenters. The smallest absolute Gasteiger partial charge is 0.0935 e. The van der Waals surface area contributed by atoms with Crippen LogP contribution in [-0.2, 0) is 4.74 Å². The molecule has 2 nitrogen and oxygen atoms in total. The number of rotatable bonds is 0. The van der Waals surface area contributed by atoms with Crippen molar-refractivity contribution >= 4 is 0 Å². The van der Waals surface area contributed by atoms with Crippen LogP contribution in [0.4, 0.5) is 0 Å². The van der Waals surface area contributed by atoms with Crippen molar-refractivity contribution in [2.24, 2.45) is 5.92 Å². The van der Waals surface area contributed by atoms with Crippen LogP contribution in [-0.4, -0.2) is 23.9 Å². The largest absolute Gasteiger partial charge is 0.387 e. The van der Waals surface area contributed by atoms with E-state index in [0.29, 0.717) is 12.5 Å². The molecule has 1 aliphatic heterocycles. The lowest BCUT2D eigenvalue weighted by Crippen LogP contribution is -2.10. The van der Waals surface area contributed by atoms with Gasteiger partial charge in [-0.15, -0.1) is 0 Å². The van der Waals surface area contributed by atoms with Gasteiger partial charge in [-0.05, 0) is 6.42 Å². The summed E-state index contributed by atoms with van der Waals surface area (Å²) in [6, 6.07) is 0. The minimum absolute atomic E-state index is 0.361. The van der Waals surface area contributed by atoms with Crippen LogP contribution in [0.2, 0.25) is 0 Å². The van der Waals surface area contributed by atoms with Crippen molar-refractivity contribution < 1.29 is 9.84 Å². The third-order valence-corrected chi connectivity index (χ3v) is 1.87. The van der Waals surface area contributed by atoms with Gasteiger partial charge in [0.25, 0.3) is 0 Å². The van der Waals surface area contributed by atoms with Gasteiger partial charge in [0.15, 0.2) is 0 Å². The zero-order chi connectivity index (χ0) is 4.91. The summed E-state index contributed by atoms with van der Waals surface area (Å²) in [5, 5.41) is 9.14. The Bertz CT molecular complexity index is 100. The van der Waals surface area contributed by atoms with Gasteiger partial charge in [0, 0.05) is 5.92 Å². The molecule has 2 aliphatic rings. The molecule has 0 spiro atoms. The summed E-state index contributed by atoms with van der Waals surface area (Å²) in [7, 11) is 0. The fourth-order valence-electron chi connectivity index (χ4n) is 1.14. The van der Waals surface area contributed by atoms with E-state index in [4.69, 9.17) is 9.84 Å². The summed E-state index contributed by atoms with van der Waals surface area (Å²) in [5.74, 6) is 0.493. The molecule has 0 aromatic carbocycles. The Balaban J connectivity index is 2.17. The van der Waals surface area contributed by atoms with E-state index in [1.54, 1.807) is 0 Å². The van der Waals surface area contributed by atoms with E-state index in [-0.39, 0.29) is 5.60 Å². The minimum Gasteiger partial charge on any atom is -0.387 e. The van der Waals surface area contributed by atoms with Gasteiger partial charge in [0.1, 0.15) is 0 Å². The molecule has 1 N–H and O–H groups in total. The molecule has 0 aromatic rings. The highest BCUT2D eigenvalue weighted by Crippen LogP contribution is 2.47. The number of hydrogen-bond donors (Lipinski definition) is 1. The summed E-state index contributed by atoms with van der Waals surface area (Å²) >= 11 is 0. The van der Waals surface area contributed by atoms with Crippen molar-refractivity contribution in [2.45, 2.75) is 12.0 Å². The van der Waals surface area contributed by atoms with Crippen molar-refractivity contribution in [3.8, 4) is 0 Å². The van der Waals surface area contributed by atoms with Crippen molar-refractivity contribution in [2.75, 3.05) is 13.2 Å². The second-order valence-electron chi connectivity index (χ2n) is 2.52. The van der Waals surface area contributed by atoms with E-state index in [9.17, 15) is 0 Å². The summed E-state index contributed by atoms with van der Waals surface area (Å²) in [6.45, 7) is 1.37. The zero-order valence-electron chi connectivity index (χ0n) is 4.05. The number of fused-ring (bicyclic) bond motifs is 1. The van der Waals surface area contributed by atoms with Gasteiger partial charge in [-0.3, -0.25) is 0 Å². The van der Waals surface area contributed by atoms with Gasteiger partial charge in [-0.2, -0.15) is 0 Å². The molecule has 2 fully saturated rings. The van der Waals surface area contributed by atoms with Gasteiger partial charge in [0.05, 0.1) is 18.8 Å². The summed E-state index contributed by atoms with van der Waals surface area (Å²) in [6.07, 6.45) is 0.979.